The Morgan fingerprint density at radius 3 is 2.97 bits per heavy atom. The summed E-state index contributed by atoms with van der Waals surface area (Å²) in [4.78, 5) is 27.4. The minimum atomic E-state index is -0.899. The van der Waals surface area contributed by atoms with Crippen molar-refractivity contribution in [2.75, 3.05) is 6.61 Å². The van der Waals surface area contributed by atoms with Crippen molar-refractivity contribution in [1.82, 2.24) is 30.8 Å². The van der Waals surface area contributed by atoms with E-state index in [1.54, 1.807) is 28.8 Å². The molecule has 2 unspecified atom stereocenters. The molecule has 0 bridgehead atoms. The Labute approximate surface area is 184 Å². The molecule has 0 saturated carbocycles. The summed E-state index contributed by atoms with van der Waals surface area (Å²) < 4.78 is 5.38. The van der Waals surface area contributed by atoms with Crippen molar-refractivity contribution in [2.24, 2.45) is 5.73 Å². The number of benzene rings is 1. The third-order valence-electron chi connectivity index (χ3n) is 5.61. The lowest BCUT2D eigenvalue weighted by Gasteiger charge is -2.44. The molecule has 3 heterocycles. The molecular formula is C20H27N7O3S. The zero-order valence-corrected chi connectivity index (χ0v) is 18.6. The Balaban J connectivity index is 1.42. The molecule has 1 aromatic carbocycles. The van der Waals surface area contributed by atoms with E-state index >= 15 is 0 Å². The standard InChI is InChI=1S/C20H27N7O3S/c1-4-5-9-30-12-8-6-7-11(10-12)13(21)17(28)22-14-18(29)27-15(16-23-25-26-24-16)20(2,3)31-19(14)27/h6-8,10,13-15,19H,4-5,9,21H2,1-3H3,(H,22,28)(H,23,24,25,26)/t13-,14?,15?,19-/m1/s1. The molecule has 0 aliphatic carbocycles. The lowest BCUT2D eigenvalue weighted by molar-refractivity contribution is -0.152. The molecule has 2 saturated heterocycles. The highest BCUT2D eigenvalue weighted by Crippen LogP contribution is 2.56. The van der Waals surface area contributed by atoms with Crippen LogP contribution in [0.5, 0.6) is 5.75 Å². The average Bonchev–Trinajstić information content (AvgIpc) is 3.36. The molecule has 2 aliphatic heterocycles. The second kappa shape index (κ2) is 8.46. The summed E-state index contributed by atoms with van der Waals surface area (Å²) in [6.07, 6.45) is 1.99. The number of hydrogen-bond acceptors (Lipinski definition) is 8. The van der Waals surface area contributed by atoms with Gasteiger partial charge >= 0.3 is 0 Å². The topological polar surface area (TPSA) is 139 Å². The molecule has 31 heavy (non-hydrogen) atoms. The molecule has 0 spiro atoms. The van der Waals surface area contributed by atoms with Gasteiger partial charge < -0.3 is 20.7 Å². The number of nitrogens with zero attached hydrogens (tertiary/aromatic N) is 4. The molecule has 4 N–H and O–H groups in total. The zero-order chi connectivity index (χ0) is 22.2. The van der Waals surface area contributed by atoms with Crippen molar-refractivity contribution in [3.05, 3.63) is 35.7 Å². The number of aromatic amines is 1. The van der Waals surface area contributed by atoms with Crippen LogP contribution < -0.4 is 15.8 Å². The lowest BCUT2D eigenvalue weighted by Crippen LogP contribution is -2.68. The van der Waals surface area contributed by atoms with E-state index in [1.807, 2.05) is 26.0 Å². The van der Waals surface area contributed by atoms with Gasteiger partial charge in [0.1, 0.15) is 29.2 Å². The molecular weight excluding hydrogens is 418 g/mol. The predicted octanol–water partition coefficient (Wildman–Crippen LogP) is 1.30. The molecule has 11 heteroatoms. The Kier molecular flexibility index (Phi) is 5.89. The van der Waals surface area contributed by atoms with Crippen LogP contribution in [0.15, 0.2) is 24.3 Å². The number of carbonyl (C=O) groups is 2. The van der Waals surface area contributed by atoms with E-state index in [2.05, 4.69) is 32.9 Å². The maximum atomic E-state index is 12.9. The van der Waals surface area contributed by atoms with Crippen LogP contribution in [-0.2, 0) is 9.59 Å². The van der Waals surface area contributed by atoms with Gasteiger partial charge in [-0.1, -0.05) is 30.7 Å². The largest absolute Gasteiger partial charge is 0.494 e. The van der Waals surface area contributed by atoms with Crippen LogP contribution >= 0.6 is 11.8 Å². The van der Waals surface area contributed by atoms with Crippen molar-refractivity contribution in [3.63, 3.8) is 0 Å². The molecule has 1 aromatic heterocycles. The molecule has 166 valence electrons. The first-order chi connectivity index (χ1) is 14.8. The van der Waals surface area contributed by atoms with E-state index in [-0.39, 0.29) is 22.1 Å². The number of hydrogen-bond donors (Lipinski definition) is 3. The van der Waals surface area contributed by atoms with Gasteiger partial charge in [-0.2, -0.15) is 5.21 Å². The fraction of sp³-hybridized carbons (Fsp3) is 0.550. The smallest absolute Gasteiger partial charge is 0.249 e. The van der Waals surface area contributed by atoms with Crippen LogP contribution in [0.3, 0.4) is 0 Å². The second-order valence-corrected chi connectivity index (χ2v) is 10.0. The molecule has 2 aromatic rings. The summed E-state index contributed by atoms with van der Waals surface area (Å²) in [5, 5.41) is 16.8. The number of thioether (sulfide) groups is 1. The van der Waals surface area contributed by atoms with E-state index in [4.69, 9.17) is 10.5 Å². The van der Waals surface area contributed by atoms with E-state index in [1.165, 1.54) is 0 Å². The first-order valence-corrected chi connectivity index (χ1v) is 11.2. The van der Waals surface area contributed by atoms with E-state index in [0.717, 1.165) is 12.8 Å². The fourth-order valence-corrected chi connectivity index (χ4v) is 5.61. The number of carbonyl (C=O) groups excluding carboxylic acids is 2. The lowest BCUT2D eigenvalue weighted by atomic mass is 9.95. The summed E-state index contributed by atoms with van der Waals surface area (Å²) in [5.74, 6) is 0.575. The molecule has 10 nitrogen and oxygen atoms in total. The number of β-lactam (4-membered cyclic amide) rings is 1. The number of amides is 2. The van der Waals surface area contributed by atoms with Crippen LogP contribution in [-0.4, -0.2) is 60.1 Å². The summed E-state index contributed by atoms with van der Waals surface area (Å²) in [5.41, 5.74) is 6.84. The van der Waals surface area contributed by atoms with Crippen LogP contribution in [0.25, 0.3) is 0 Å². The Morgan fingerprint density at radius 1 is 1.45 bits per heavy atom. The van der Waals surface area contributed by atoms with Crippen LogP contribution in [0.2, 0.25) is 0 Å². The van der Waals surface area contributed by atoms with Crippen LogP contribution in [0.4, 0.5) is 0 Å². The highest BCUT2D eigenvalue weighted by Gasteiger charge is 2.63. The summed E-state index contributed by atoms with van der Waals surface area (Å²) in [6, 6.07) is 5.36. The maximum Gasteiger partial charge on any atom is 0.249 e. The molecule has 2 aliphatic rings. The van der Waals surface area contributed by atoms with Gasteiger partial charge in [0.2, 0.25) is 11.8 Å². The van der Waals surface area contributed by atoms with Crippen molar-refractivity contribution in [3.8, 4) is 5.75 Å². The number of rotatable bonds is 8. The van der Waals surface area contributed by atoms with E-state index < -0.39 is 18.0 Å². The number of ether oxygens (including phenoxy) is 1. The van der Waals surface area contributed by atoms with Crippen molar-refractivity contribution < 1.29 is 14.3 Å². The number of nitrogens with two attached hydrogens (primary N) is 1. The predicted molar refractivity (Wildman–Crippen MR) is 115 cm³/mol. The van der Waals surface area contributed by atoms with Crippen molar-refractivity contribution >= 4 is 23.6 Å². The van der Waals surface area contributed by atoms with Gasteiger partial charge in [0.25, 0.3) is 0 Å². The minimum absolute atomic E-state index is 0.171. The van der Waals surface area contributed by atoms with Crippen LogP contribution in [0, 0.1) is 0 Å². The van der Waals surface area contributed by atoms with Gasteiger partial charge in [-0.05, 0) is 38.0 Å². The molecule has 2 amide bonds. The average molecular weight is 446 g/mol. The Hall–Kier alpha value is -2.66. The van der Waals surface area contributed by atoms with Gasteiger partial charge in [-0.3, -0.25) is 9.59 Å². The first kappa shape index (κ1) is 21.6. The number of fused-ring (bicyclic) bond motifs is 1. The zero-order valence-electron chi connectivity index (χ0n) is 17.7. The van der Waals surface area contributed by atoms with Crippen molar-refractivity contribution in [1.29, 1.82) is 0 Å². The van der Waals surface area contributed by atoms with Crippen LogP contribution in [0.1, 0.15) is 57.1 Å². The highest BCUT2D eigenvalue weighted by molar-refractivity contribution is 8.01. The number of aromatic nitrogens is 4. The van der Waals surface area contributed by atoms with Gasteiger partial charge in [-0.15, -0.1) is 22.0 Å². The SMILES string of the molecule is CCCCOc1cccc([C@@H](N)C(=O)NC2C(=O)N3C(c4nn[nH]n4)C(C)(C)S[C@H]23)c1. The summed E-state index contributed by atoms with van der Waals surface area (Å²) >= 11 is 1.61. The third-order valence-corrected chi connectivity index (χ3v) is 7.18. The quantitative estimate of drug-likeness (QED) is 0.408. The third kappa shape index (κ3) is 3.99. The monoisotopic (exact) mass is 445 g/mol. The minimum Gasteiger partial charge on any atom is -0.494 e. The number of unbranched alkanes of at least 4 members (excludes halogenated alkanes) is 1. The fourth-order valence-electron chi connectivity index (χ4n) is 3.98. The molecule has 4 rings (SSSR count). The Bertz CT molecular complexity index is 952. The van der Waals surface area contributed by atoms with Gasteiger partial charge in [0, 0.05) is 4.75 Å². The van der Waals surface area contributed by atoms with E-state index in [0.29, 0.717) is 23.7 Å². The number of nitrogens with one attached hydrogen (secondary N) is 2. The van der Waals surface area contributed by atoms with Gasteiger partial charge in [0.15, 0.2) is 5.82 Å². The first-order valence-electron chi connectivity index (χ1n) is 10.4. The highest BCUT2D eigenvalue weighted by atomic mass is 32.2. The summed E-state index contributed by atoms with van der Waals surface area (Å²) in [7, 11) is 0. The van der Waals surface area contributed by atoms with Crippen molar-refractivity contribution in [2.45, 2.75) is 61.9 Å². The maximum absolute atomic E-state index is 12.9. The number of H-pyrrole nitrogens is 1. The van der Waals surface area contributed by atoms with Gasteiger partial charge in [0.05, 0.1) is 6.61 Å². The second-order valence-electron chi connectivity index (χ2n) is 8.27. The normalized spacial score (nSPS) is 25.0. The molecule has 0 radical (unpaired) electrons. The van der Waals surface area contributed by atoms with Gasteiger partial charge in [-0.25, -0.2) is 0 Å². The Morgan fingerprint density at radius 2 is 2.26 bits per heavy atom. The van der Waals surface area contributed by atoms with E-state index in [9.17, 15) is 9.59 Å². The molecule has 2 fully saturated rings. The number of tetrazole rings is 1. The molecule has 4 atom stereocenters. The summed E-state index contributed by atoms with van der Waals surface area (Å²) in [6.45, 7) is 6.76.